The molecule has 32 heavy (non-hydrogen) atoms. The van der Waals surface area contributed by atoms with Crippen LogP contribution in [0.25, 0.3) is 10.8 Å². The molecule has 0 radical (unpaired) electrons. The van der Waals surface area contributed by atoms with Gasteiger partial charge in [0.2, 0.25) is 17.7 Å². The lowest BCUT2D eigenvalue weighted by atomic mass is 10.0. The normalized spacial score (nSPS) is 13.3. The van der Waals surface area contributed by atoms with E-state index in [1.165, 1.54) is 9.12 Å². The molecule has 0 fully saturated rings. The first-order valence-corrected chi connectivity index (χ1v) is 13.8. The summed E-state index contributed by atoms with van der Waals surface area (Å²) in [6, 6.07) is 12.9. The van der Waals surface area contributed by atoms with Gasteiger partial charge in [-0.3, -0.25) is 19.1 Å². The van der Waals surface area contributed by atoms with Crippen LogP contribution in [-0.2, 0) is 20.9 Å². The van der Waals surface area contributed by atoms with Gasteiger partial charge in [0.1, 0.15) is 6.04 Å². The van der Waals surface area contributed by atoms with Gasteiger partial charge >= 0.3 is 0 Å². The van der Waals surface area contributed by atoms with E-state index < -0.39 is 6.04 Å². The summed E-state index contributed by atoms with van der Waals surface area (Å²) in [5.74, 6) is -0.678. The molecule has 0 saturated heterocycles. The standard InChI is InChI=1S/C23H31IN4O3S/c1-15(22(31)25-14-17-10-7-9-16-8-5-6-11-19(16)17)26-20(29)12-18(28-32-24)13-21(30)27-23(2,3)4/h5-11,15,18,28H,12-14H2,1-4H3,(H,25,31)(H,26,29)(H,27,30)/t15-,18+/m0/s1. The molecule has 0 aliphatic heterocycles. The second kappa shape index (κ2) is 12.4. The van der Waals surface area contributed by atoms with Crippen molar-refractivity contribution in [1.29, 1.82) is 0 Å². The zero-order valence-corrected chi connectivity index (χ0v) is 21.8. The summed E-state index contributed by atoms with van der Waals surface area (Å²) in [4.78, 5) is 37.2. The summed E-state index contributed by atoms with van der Waals surface area (Å²) < 4.78 is 3.08. The van der Waals surface area contributed by atoms with Crippen molar-refractivity contribution in [3.05, 3.63) is 48.0 Å². The van der Waals surface area contributed by atoms with Gasteiger partial charge in [0.15, 0.2) is 0 Å². The second-order valence-corrected chi connectivity index (χ2v) is 10.5. The SMILES string of the molecule is C[C@H](NC(=O)C[C@H](CC(=O)NC(C)(C)C)NSI)C(=O)NCc1cccc2ccccc12. The predicted octanol–water partition coefficient (Wildman–Crippen LogP) is 3.61. The van der Waals surface area contributed by atoms with Crippen LogP contribution in [0, 0.1) is 0 Å². The highest BCUT2D eigenvalue weighted by Crippen LogP contribution is 2.18. The third kappa shape index (κ3) is 8.95. The van der Waals surface area contributed by atoms with Crippen LogP contribution in [0.4, 0.5) is 0 Å². The zero-order valence-electron chi connectivity index (χ0n) is 18.8. The molecule has 2 rings (SSSR count). The fourth-order valence-corrected chi connectivity index (χ4v) is 4.65. The number of hydrogen-bond acceptors (Lipinski definition) is 5. The van der Waals surface area contributed by atoms with Crippen molar-refractivity contribution in [2.45, 2.75) is 64.7 Å². The molecular formula is C23H31IN4O3S. The Morgan fingerprint density at radius 2 is 1.66 bits per heavy atom. The molecule has 3 amide bonds. The summed E-state index contributed by atoms with van der Waals surface area (Å²) in [6.45, 7) is 7.75. The van der Waals surface area contributed by atoms with E-state index in [1.54, 1.807) is 6.92 Å². The van der Waals surface area contributed by atoms with Crippen molar-refractivity contribution in [2.24, 2.45) is 0 Å². The third-order valence-electron chi connectivity index (χ3n) is 4.69. The Kier molecular flexibility index (Phi) is 10.2. The zero-order chi connectivity index (χ0) is 23.7. The van der Waals surface area contributed by atoms with E-state index in [-0.39, 0.29) is 42.1 Å². The topological polar surface area (TPSA) is 99.3 Å². The largest absolute Gasteiger partial charge is 0.351 e. The molecule has 0 aromatic heterocycles. The van der Waals surface area contributed by atoms with Crippen LogP contribution in [0.5, 0.6) is 0 Å². The summed E-state index contributed by atoms with van der Waals surface area (Å²) in [5, 5.41) is 10.7. The van der Waals surface area contributed by atoms with Crippen molar-refractivity contribution in [3.8, 4) is 0 Å². The number of amides is 3. The molecule has 0 aliphatic carbocycles. The van der Waals surface area contributed by atoms with Gasteiger partial charge in [-0.05, 0) is 53.2 Å². The quantitative estimate of drug-likeness (QED) is 0.259. The molecule has 7 nitrogen and oxygen atoms in total. The molecule has 0 spiro atoms. The number of hydrogen-bond donors (Lipinski definition) is 4. The molecule has 2 atom stereocenters. The first-order valence-electron chi connectivity index (χ1n) is 10.5. The van der Waals surface area contributed by atoms with Gasteiger partial charge < -0.3 is 16.0 Å². The van der Waals surface area contributed by atoms with Gasteiger partial charge in [0.05, 0.1) is 0 Å². The van der Waals surface area contributed by atoms with Crippen LogP contribution in [0.1, 0.15) is 46.1 Å². The first-order chi connectivity index (χ1) is 15.1. The van der Waals surface area contributed by atoms with Gasteiger partial charge in [-0.2, -0.15) is 0 Å². The summed E-state index contributed by atoms with van der Waals surface area (Å²) in [6.07, 6.45) is 0.261. The van der Waals surface area contributed by atoms with E-state index in [4.69, 9.17) is 0 Å². The molecular weight excluding hydrogens is 539 g/mol. The summed E-state index contributed by atoms with van der Waals surface area (Å²) in [5.41, 5.74) is 0.682. The van der Waals surface area contributed by atoms with Crippen molar-refractivity contribution < 1.29 is 14.4 Å². The minimum atomic E-state index is -0.686. The van der Waals surface area contributed by atoms with Crippen LogP contribution in [0.15, 0.2) is 42.5 Å². The maximum absolute atomic E-state index is 12.5. The average molecular weight is 570 g/mol. The average Bonchev–Trinajstić information content (AvgIpc) is 2.70. The maximum Gasteiger partial charge on any atom is 0.242 e. The molecule has 2 aromatic rings. The Labute approximate surface area is 206 Å². The van der Waals surface area contributed by atoms with E-state index in [1.807, 2.05) is 63.2 Å². The number of fused-ring (bicyclic) bond motifs is 1. The fraction of sp³-hybridized carbons (Fsp3) is 0.435. The predicted molar refractivity (Wildman–Crippen MR) is 139 cm³/mol. The summed E-state index contributed by atoms with van der Waals surface area (Å²) >= 11 is 2.06. The molecule has 2 aromatic carbocycles. The molecule has 4 N–H and O–H groups in total. The lowest BCUT2D eigenvalue weighted by molar-refractivity contribution is -0.129. The second-order valence-electron chi connectivity index (χ2n) is 8.74. The Bertz CT molecular complexity index is 943. The highest BCUT2D eigenvalue weighted by molar-refractivity contribution is 14.2. The summed E-state index contributed by atoms with van der Waals surface area (Å²) in [7, 11) is 1.32. The van der Waals surface area contributed by atoms with Crippen LogP contribution in [-0.4, -0.2) is 35.3 Å². The molecule has 9 heteroatoms. The van der Waals surface area contributed by atoms with Crippen molar-refractivity contribution in [3.63, 3.8) is 0 Å². The lowest BCUT2D eigenvalue weighted by Gasteiger charge is -2.23. The van der Waals surface area contributed by atoms with Gasteiger partial charge in [-0.15, -0.1) is 0 Å². The Balaban J connectivity index is 1.86. The molecule has 0 saturated carbocycles. The van der Waals surface area contributed by atoms with E-state index in [2.05, 4.69) is 41.9 Å². The van der Waals surface area contributed by atoms with E-state index in [9.17, 15) is 14.4 Å². The highest BCUT2D eigenvalue weighted by atomic mass is 127. The number of carbonyl (C=O) groups is 3. The van der Waals surface area contributed by atoms with Gasteiger partial charge in [-0.25, -0.2) is 0 Å². The Hall–Kier alpha value is -1.85. The van der Waals surface area contributed by atoms with Gasteiger partial charge in [0.25, 0.3) is 0 Å². The Morgan fingerprint density at radius 1 is 1.00 bits per heavy atom. The fourth-order valence-electron chi connectivity index (χ4n) is 3.28. The molecule has 0 aliphatic rings. The third-order valence-corrected chi connectivity index (χ3v) is 5.88. The van der Waals surface area contributed by atoms with E-state index in [0.29, 0.717) is 6.54 Å². The van der Waals surface area contributed by atoms with Crippen LogP contribution < -0.4 is 20.7 Å². The van der Waals surface area contributed by atoms with Crippen LogP contribution in [0.2, 0.25) is 0 Å². The number of benzene rings is 2. The highest BCUT2D eigenvalue weighted by Gasteiger charge is 2.22. The number of carbonyl (C=O) groups excluding carboxylic acids is 3. The first kappa shape index (κ1) is 26.4. The lowest BCUT2D eigenvalue weighted by Crippen LogP contribution is -2.47. The van der Waals surface area contributed by atoms with E-state index >= 15 is 0 Å². The van der Waals surface area contributed by atoms with Crippen molar-refractivity contribution >= 4 is 58.8 Å². The number of nitrogens with one attached hydrogen (secondary N) is 4. The van der Waals surface area contributed by atoms with E-state index in [0.717, 1.165) is 16.3 Å². The smallest absolute Gasteiger partial charge is 0.242 e. The minimum Gasteiger partial charge on any atom is -0.351 e. The van der Waals surface area contributed by atoms with Crippen LogP contribution >= 0.6 is 30.3 Å². The van der Waals surface area contributed by atoms with Crippen molar-refractivity contribution in [1.82, 2.24) is 20.7 Å². The van der Waals surface area contributed by atoms with Gasteiger partial charge in [0, 0.05) is 52.2 Å². The molecule has 0 unspecified atom stereocenters. The monoisotopic (exact) mass is 570 g/mol. The van der Waals surface area contributed by atoms with Crippen LogP contribution in [0.3, 0.4) is 0 Å². The molecule has 0 bridgehead atoms. The Morgan fingerprint density at radius 3 is 2.34 bits per heavy atom. The number of rotatable bonds is 10. The van der Waals surface area contributed by atoms with Gasteiger partial charge in [-0.1, -0.05) is 42.5 Å². The maximum atomic E-state index is 12.5. The van der Waals surface area contributed by atoms with Crippen molar-refractivity contribution in [2.75, 3.05) is 0 Å². The minimum absolute atomic E-state index is 0.0918. The molecule has 0 heterocycles. The molecule has 174 valence electrons. The number of halogens is 1.